The van der Waals surface area contributed by atoms with Gasteiger partial charge in [-0.3, -0.25) is 0 Å². The quantitative estimate of drug-likeness (QED) is 0.835. The molecule has 4 N–H and O–H groups in total. The van der Waals surface area contributed by atoms with Crippen molar-refractivity contribution in [1.29, 1.82) is 0 Å². The van der Waals surface area contributed by atoms with E-state index in [2.05, 4.69) is 24.3 Å². The molecule has 0 bridgehead atoms. The van der Waals surface area contributed by atoms with Gasteiger partial charge in [-0.25, -0.2) is 0 Å². The Hall–Kier alpha value is -0.860. The predicted octanol–water partition coefficient (Wildman–Crippen LogP) is 3.47. The van der Waals surface area contributed by atoms with Crippen molar-refractivity contribution in [3.8, 4) is 0 Å². The van der Waals surface area contributed by atoms with E-state index in [0.29, 0.717) is 0 Å². The van der Waals surface area contributed by atoms with E-state index >= 15 is 0 Å². The van der Waals surface area contributed by atoms with Gasteiger partial charge >= 0.3 is 0 Å². The lowest BCUT2D eigenvalue weighted by atomic mass is 9.83. The Labute approximate surface area is 111 Å². The second-order valence-corrected chi connectivity index (χ2v) is 5.54. The monoisotopic (exact) mass is 246 g/mol. The van der Waals surface area contributed by atoms with E-state index < -0.39 is 0 Å². The molecule has 0 amide bonds. The van der Waals surface area contributed by atoms with Crippen LogP contribution < -0.4 is 11.5 Å². The smallest absolute Gasteiger partial charge is 0.0295 e. The second kappa shape index (κ2) is 6.91. The molecular weight excluding hydrogens is 220 g/mol. The average Bonchev–Trinajstić information content (AvgIpc) is 2.46. The highest BCUT2D eigenvalue weighted by atomic mass is 14.6. The first-order valence-corrected chi connectivity index (χ1v) is 7.37. The summed E-state index contributed by atoms with van der Waals surface area (Å²) >= 11 is 0. The van der Waals surface area contributed by atoms with Gasteiger partial charge in [-0.2, -0.15) is 0 Å². The van der Waals surface area contributed by atoms with Gasteiger partial charge in [-0.05, 0) is 49.3 Å². The highest BCUT2D eigenvalue weighted by Crippen LogP contribution is 2.33. The molecule has 1 aliphatic rings. The zero-order chi connectivity index (χ0) is 12.8. The van der Waals surface area contributed by atoms with Gasteiger partial charge < -0.3 is 11.5 Å². The van der Waals surface area contributed by atoms with E-state index in [-0.39, 0.29) is 6.04 Å². The maximum atomic E-state index is 6.15. The van der Waals surface area contributed by atoms with Crippen molar-refractivity contribution in [1.82, 2.24) is 0 Å². The maximum absolute atomic E-state index is 6.15. The van der Waals surface area contributed by atoms with Crippen LogP contribution in [0.1, 0.15) is 68.0 Å². The molecule has 0 heterocycles. The third-order valence-electron chi connectivity index (χ3n) is 4.16. The summed E-state index contributed by atoms with van der Waals surface area (Å²) in [4.78, 5) is 0. The third kappa shape index (κ3) is 3.56. The number of nitrogens with two attached hydrogens (primary N) is 2. The Balaban J connectivity index is 1.95. The van der Waals surface area contributed by atoms with Crippen LogP contribution in [0.4, 0.5) is 0 Å². The van der Waals surface area contributed by atoms with Gasteiger partial charge in [0, 0.05) is 6.04 Å². The van der Waals surface area contributed by atoms with Crippen molar-refractivity contribution in [2.45, 2.75) is 56.9 Å². The summed E-state index contributed by atoms with van der Waals surface area (Å²) in [6.07, 6.45) is 8.91. The summed E-state index contributed by atoms with van der Waals surface area (Å²) in [5, 5.41) is 0. The molecule has 1 aliphatic carbocycles. The number of hydrogen-bond acceptors (Lipinski definition) is 2. The fraction of sp³-hybridized carbons (Fsp3) is 0.625. The molecule has 2 nitrogen and oxygen atoms in total. The van der Waals surface area contributed by atoms with E-state index in [1.807, 2.05) is 0 Å². The van der Waals surface area contributed by atoms with Crippen LogP contribution in [-0.4, -0.2) is 6.54 Å². The summed E-state index contributed by atoms with van der Waals surface area (Å²) in [7, 11) is 0. The molecule has 1 atom stereocenters. The largest absolute Gasteiger partial charge is 0.330 e. The van der Waals surface area contributed by atoms with Crippen molar-refractivity contribution in [2.24, 2.45) is 11.5 Å². The highest BCUT2D eigenvalue weighted by molar-refractivity contribution is 5.27. The van der Waals surface area contributed by atoms with Crippen LogP contribution in [0.2, 0.25) is 0 Å². The molecule has 0 spiro atoms. The lowest BCUT2D eigenvalue weighted by Crippen LogP contribution is -2.12. The van der Waals surface area contributed by atoms with Crippen LogP contribution in [0.15, 0.2) is 24.3 Å². The van der Waals surface area contributed by atoms with Gasteiger partial charge in [0.1, 0.15) is 0 Å². The maximum Gasteiger partial charge on any atom is 0.0295 e. The lowest BCUT2D eigenvalue weighted by Gasteiger charge is -2.22. The van der Waals surface area contributed by atoms with Crippen molar-refractivity contribution >= 4 is 0 Å². The minimum Gasteiger partial charge on any atom is -0.330 e. The van der Waals surface area contributed by atoms with E-state index in [1.165, 1.54) is 43.2 Å². The SMILES string of the molecule is NCCCC(N)c1ccc(C2CCCCC2)cc1. The van der Waals surface area contributed by atoms with Gasteiger partial charge in [0.05, 0.1) is 0 Å². The third-order valence-corrected chi connectivity index (χ3v) is 4.16. The van der Waals surface area contributed by atoms with Gasteiger partial charge in [0.15, 0.2) is 0 Å². The van der Waals surface area contributed by atoms with Gasteiger partial charge in [-0.15, -0.1) is 0 Å². The van der Waals surface area contributed by atoms with Crippen LogP contribution >= 0.6 is 0 Å². The van der Waals surface area contributed by atoms with Crippen molar-refractivity contribution in [3.63, 3.8) is 0 Å². The fourth-order valence-corrected chi connectivity index (χ4v) is 2.96. The number of benzene rings is 1. The lowest BCUT2D eigenvalue weighted by molar-refractivity contribution is 0.443. The number of hydrogen-bond donors (Lipinski definition) is 2. The number of rotatable bonds is 5. The molecule has 1 unspecified atom stereocenters. The fourth-order valence-electron chi connectivity index (χ4n) is 2.96. The average molecular weight is 246 g/mol. The van der Waals surface area contributed by atoms with Crippen molar-refractivity contribution < 1.29 is 0 Å². The van der Waals surface area contributed by atoms with Crippen LogP contribution in [-0.2, 0) is 0 Å². The summed E-state index contributed by atoms with van der Waals surface area (Å²) in [5.74, 6) is 0.785. The minimum absolute atomic E-state index is 0.147. The van der Waals surface area contributed by atoms with Crippen LogP contribution in [0.5, 0.6) is 0 Å². The first-order chi connectivity index (χ1) is 8.81. The molecular formula is C16H26N2. The molecule has 18 heavy (non-hydrogen) atoms. The Kier molecular flexibility index (Phi) is 5.21. The second-order valence-electron chi connectivity index (χ2n) is 5.54. The molecule has 0 aromatic heterocycles. The van der Waals surface area contributed by atoms with Crippen LogP contribution in [0.25, 0.3) is 0 Å². The zero-order valence-electron chi connectivity index (χ0n) is 11.3. The summed E-state index contributed by atoms with van der Waals surface area (Å²) < 4.78 is 0. The van der Waals surface area contributed by atoms with Crippen molar-refractivity contribution in [2.75, 3.05) is 6.54 Å². The first-order valence-electron chi connectivity index (χ1n) is 7.37. The molecule has 2 rings (SSSR count). The Morgan fingerprint density at radius 1 is 1.06 bits per heavy atom. The zero-order valence-corrected chi connectivity index (χ0v) is 11.3. The molecule has 1 saturated carbocycles. The van der Waals surface area contributed by atoms with E-state index in [9.17, 15) is 0 Å². The van der Waals surface area contributed by atoms with E-state index in [0.717, 1.165) is 25.3 Å². The predicted molar refractivity (Wildman–Crippen MR) is 77.5 cm³/mol. The molecule has 0 aliphatic heterocycles. The molecule has 1 fully saturated rings. The molecule has 2 heteroatoms. The highest BCUT2D eigenvalue weighted by Gasteiger charge is 2.15. The Morgan fingerprint density at radius 2 is 1.72 bits per heavy atom. The summed E-state index contributed by atoms with van der Waals surface area (Å²) in [6.45, 7) is 0.730. The Bertz CT molecular complexity index is 339. The van der Waals surface area contributed by atoms with Gasteiger partial charge in [-0.1, -0.05) is 43.5 Å². The normalized spacial score (nSPS) is 18.8. The molecule has 0 saturated heterocycles. The summed E-state index contributed by atoms with van der Waals surface area (Å²) in [5.41, 5.74) is 14.4. The molecule has 0 radical (unpaired) electrons. The van der Waals surface area contributed by atoms with Gasteiger partial charge in [0.2, 0.25) is 0 Å². The van der Waals surface area contributed by atoms with E-state index in [4.69, 9.17) is 11.5 Å². The standard InChI is InChI=1S/C16H26N2/c17-12-4-7-16(18)15-10-8-14(9-11-15)13-5-2-1-3-6-13/h8-11,13,16H,1-7,12,17-18H2. The summed E-state index contributed by atoms with van der Waals surface area (Å²) in [6, 6.07) is 9.14. The Morgan fingerprint density at radius 3 is 2.33 bits per heavy atom. The topological polar surface area (TPSA) is 52.0 Å². The minimum atomic E-state index is 0.147. The molecule has 1 aromatic rings. The van der Waals surface area contributed by atoms with E-state index in [1.54, 1.807) is 0 Å². The van der Waals surface area contributed by atoms with Crippen LogP contribution in [0.3, 0.4) is 0 Å². The molecule has 1 aromatic carbocycles. The molecule has 100 valence electrons. The van der Waals surface area contributed by atoms with Gasteiger partial charge in [0.25, 0.3) is 0 Å². The van der Waals surface area contributed by atoms with Crippen LogP contribution in [0, 0.1) is 0 Å². The van der Waals surface area contributed by atoms with Crippen molar-refractivity contribution in [3.05, 3.63) is 35.4 Å². The first kappa shape index (κ1) is 13.6.